The van der Waals surface area contributed by atoms with Gasteiger partial charge >= 0.3 is 0 Å². The first kappa shape index (κ1) is 18.7. The van der Waals surface area contributed by atoms with Crippen LogP contribution < -0.4 is 10.6 Å². The number of halogens is 1. The number of carbonyl (C=O) groups excluding carboxylic acids is 2. The molecule has 0 unspecified atom stereocenters. The Bertz CT molecular complexity index is 961. The van der Waals surface area contributed by atoms with E-state index in [0.29, 0.717) is 33.4 Å². The molecule has 0 bridgehead atoms. The number of rotatable bonds is 5. The summed E-state index contributed by atoms with van der Waals surface area (Å²) in [6, 6.07) is 13.6. The molecule has 3 aromatic rings. The van der Waals surface area contributed by atoms with E-state index in [4.69, 9.17) is 16.1 Å². The number of aryl methyl sites for hydroxylation is 2. The fourth-order valence-electron chi connectivity index (χ4n) is 2.59. The molecule has 0 aliphatic heterocycles. The Balaban J connectivity index is 1.67. The van der Waals surface area contributed by atoms with Gasteiger partial charge in [0.2, 0.25) is 5.91 Å². The van der Waals surface area contributed by atoms with E-state index in [1.54, 1.807) is 62.4 Å². The zero-order valence-corrected chi connectivity index (χ0v) is 15.6. The van der Waals surface area contributed by atoms with Crippen LogP contribution in [0.5, 0.6) is 0 Å². The number of aromatic nitrogens is 1. The van der Waals surface area contributed by atoms with Gasteiger partial charge in [-0.05, 0) is 56.3 Å². The molecule has 2 aromatic carbocycles. The SMILES string of the molecule is Cc1noc(C)c1CC(=O)Nc1cccc(C(=O)Nc2ccc(Cl)cc2)c1. The van der Waals surface area contributed by atoms with Crippen molar-refractivity contribution in [2.45, 2.75) is 20.3 Å². The second kappa shape index (κ2) is 8.05. The van der Waals surface area contributed by atoms with Crippen LogP contribution >= 0.6 is 11.6 Å². The molecule has 7 heteroatoms. The summed E-state index contributed by atoms with van der Waals surface area (Å²) in [5.41, 5.74) is 3.07. The number of benzene rings is 2. The largest absolute Gasteiger partial charge is 0.361 e. The average molecular weight is 384 g/mol. The predicted octanol–water partition coefficient (Wildman–Crippen LogP) is 4.38. The van der Waals surface area contributed by atoms with Crippen molar-refractivity contribution in [1.29, 1.82) is 0 Å². The summed E-state index contributed by atoms with van der Waals surface area (Å²) in [4.78, 5) is 24.7. The molecule has 3 rings (SSSR count). The zero-order valence-electron chi connectivity index (χ0n) is 14.9. The van der Waals surface area contributed by atoms with Crippen LogP contribution in [0.4, 0.5) is 11.4 Å². The van der Waals surface area contributed by atoms with Gasteiger partial charge in [0.15, 0.2) is 0 Å². The summed E-state index contributed by atoms with van der Waals surface area (Å²) in [7, 11) is 0. The summed E-state index contributed by atoms with van der Waals surface area (Å²) < 4.78 is 5.07. The Labute approximate surface area is 161 Å². The van der Waals surface area contributed by atoms with Crippen molar-refractivity contribution in [3.05, 3.63) is 76.1 Å². The van der Waals surface area contributed by atoms with Crippen molar-refractivity contribution in [1.82, 2.24) is 5.16 Å². The molecule has 0 spiro atoms. The fraction of sp³-hybridized carbons (Fsp3) is 0.150. The quantitative estimate of drug-likeness (QED) is 0.684. The number of amides is 2. The minimum Gasteiger partial charge on any atom is -0.361 e. The van der Waals surface area contributed by atoms with Gasteiger partial charge in [0.05, 0.1) is 12.1 Å². The fourth-order valence-corrected chi connectivity index (χ4v) is 2.72. The van der Waals surface area contributed by atoms with E-state index in [9.17, 15) is 9.59 Å². The van der Waals surface area contributed by atoms with Crippen LogP contribution in [0.3, 0.4) is 0 Å². The van der Waals surface area contributed by atoms with E-state index in [1.807, 2.05) is 0 Å². The summed E-state index contributed by atoms with van der Waals surface area (Å²) in [6.45, 7) is 3.56. The summed E-state index contributed by atoms with van der Waals surface area (Å²) >= 11 is 5.84. The molecular weight excluding hydrogens is 366 g/mol. The van der Waals surface area contributed by atoms with Crippen molar-refractivity contribution < 1.29 is 14.1 Å². The minimum absolute atomic E-state index is 0.155. The lowest BCUT2D eigenvalue weighted by molar-refractivity contribution is -0.115. The molecule has 27 heavy (non-hydrogen) atoms. The number of hydrogen-bond donors (Lipinski definition) is 2. The van der Waals surface area contributed by atoms with Crippen LogP contribution in [0, 0.1) is 13.8 Å². The second-order valence-corrected chi connectivity index (χ2v) is 6.51. The maximum absolute atomic E-state index is 12.4. The van der Waals surface area contributed by atoms with Crippen LogP contribution in [0.15, 0.2) is 53.1 Å². The molecule has 0 aliphatic carbocycles. The minimum atomic E-state index is -0.279. The molecule has 2 N–H and O–H groups in total. The van der Waals surface area contributed by atoms with E-state index in [-0.39, 0.29) is 18.2 Å². The lowest BCUT2D eigenvalue weighted by atomic mass is 10.1. The van der Waals surface area contributed by atoms with Crippen LogP contribution in [0.2, 0.25) is 5.02 Å². The molecule has 138 valence electrons. The Morgan fingerprint density at radius 2 is 1.78 bits per heavy atom. The number of nitrogens with one attached hydrogen (secondary N) is 2. The van der Waals surface area contributed by atoms with Gasteiger partial charge in [-0.1, -0.05) is 22.8 Å². The summed E-state index contributed by atoms with van der Waals surface area (Å²) in [6.07, 6.45) is 0.155. The highest BCUT2D eigenvalue weighted by molar-refractivity contribution is 6.30. The van der Waals surface area contributed by atoms with Crippen LogP contribution in [0.25, 0.3) is 0 Å². The molecule has 0 radical (unpaired) electrons. The third kappa shape index (κ3) is 4.74. The molecule has 0 fully saturated rings. The Morgan fingerprint density at radius 3 is 2.44 bits per heavy atom. The highest BCUT2D eigenvalue weighted by atomic mass is 35.5. The lowest BCUT2D eigenvalue weighted by Gasteiger charge is -2.09. The maximum atomic E-state index is 12.4. The molecular formula is C20H18ClN3O3. The van der Waals surface area contributed by atoms with E-state index in [0.717, 1.165) is 5.56 Å². The topological polar surface area (TPSA) is 84.2 Å². The molecule has 0 saturated heterocycles. The van der Waals surface area contributed by atoms with E-state index in [2.05, 4.69) is 15.8 Å². The van der Waals surface area contributed by atoms with Gasteiger partial charge in [-0.15, -0.1) is 0 Å². The maximum Gasteiger partial charge on any atom is 0.255 e. The normalized spacial score (nSPS) is 10.5. The monoisotopic (exact) mass is 383 g/mol. The van der Waals surface area contributed by atoms with Crippen LogP contribution in [0.1, 0.15) is 27.4 Å². The number of carbonyl (C=O) groups is 2. The Hall–Kier alpha value is -3.12. The van der Waals surface area contributed by atoms with Gasteiger partial charge in [0.25, 0.3) is 5.91 Å². The van der Waals surface area contributed by atoms with Crippen molar-refractivity contribution in [3.8, 4) is 0 Å². The molecule has 1 aromatic heterocycles. The highest BCUT2D eigenvalue weighted by Crippen LogP contribution is 2.17. The number of anilines is 2. The van der Waals surface area contributed by atoms with Crippen LogP contribution in [-0.4, -0.2) is 17.0 Å². The van der Waals surface area contributed by atoms with E-state index in [1.165, 1.54) is 0 Å². The highest BCUT2D eigenvalue weighted by Gasteiger charge is 2.14. The molecule has 1 heterocycles. The smallest absolute Gasteiger partial charge is 0.255 e. The Kier molecular flexibility index (Phi) is 5.57. The van der Waals surface area contributed by atoms with Gasteiger partial charge < -0.3 is 15.2 Å². The molecule has 6 nitrogen and oxygen atoms in total. The van der Waals surface area contributed by atoms with Gasteiger partial charge in [0.1, 0.15) is 5.76 Å². The summed E-state index contributed by atoms with van der Waals surface area (Å²) in [5.74, 6) is 0.137. The molecule has 0 atom stereocenters. The van der Waals surface area contributed by atoms with Crippen molar-refractivity contribution >= 4 is 34.8 Å². The van der Waals surface area contributed by atoms with Gasteiger partial charge in [-0.2, -0.15) is 0 Å². The first-order valence-corrected chi connectivity index (χ1v) is 8.69. The third-order valence-corrected chi connectivity index (χ3v) is 4.28. The van der Waals surface area contributed by atoms with Gasteiger partial charge in [0, 0.05) is 27.5 Å². The van der Waals surface area contributed by atoms with E-state index >= 15 is 0 Å². The second-order valence-electron chi connectivity index (χ2n) is 6.07. The first-order valence-electron chi connectivity index (χ1n) is 8.31. The summed E-state index contributed by atoms with van der Waals surface area (Å²) in [5, 5.41) is 10.0. The molecule has 2 amide bonds. The average Bonchev–Trinajstić information content (AvgIpc) is 2.96. The van der Waals surface area contributed by atoms with Crippen molar-refractivity contribution in [2.24, 2.45) is 0 Å². The Morgan fingerprint density at radius 1 is 1.04 bits per heavy atom. The van der Waals surface area contributed by atoms with Crippen molar-refractivity contribution in [2.75, 3.05) is 10.6 Å². The van der Waals surface area contributed by atoms with Gasteiger partial charge in [-0.3, -0.25) is 9.59 Å². The first-order chi connectivity index (χ1) is 12.9. The predicted molar refractivity (Wildman–Crippen MR) is 104 cm³/mol. The standard InChI is InChI=1S/C20H18ClN3O3/c1-12-18(13(2)27-24-12)11-19(25)22-17-5-3-4-14(10-17)20(26)23-16-8-6-15(21)7-9-16/h3-10H,11H2,1-2H3,(H,22,25)(H,23,26). The zero-order chi connectivity index (χ0) is 19.4. The van der Waals surface area contributed by atoms with E-state index < -0.39 is 0 Å². The van der Waals surface area contributed by atoms with Gasteiger partial charge in [-0.25, -0.2) is 0 Å². The molecule has 0 saturated carbocycles. The third-order valence-electron chi connectivity index (χ3n) is 4.03. The van der Waals surface area contributed by atoms with Crippen molar-refractivity contribution in [3.63, 3.8) is 0 Å². The van der Waals surface area contributed by atoms with Crippen LogP contribution in [-0.2, 0) is 11.2 Å². The lowest BCUT2D eigenvalue weighted by Crippen LogP contribution is -2.16. The number of hydrogen-bond acceptors (Lipinski definition) is 4. The number of nitrogens with zero attached hydrogens (tertiary/aromatic N) is 1. The molecule has 0 aliphatic rings.